The zero-order valence-electron chi connectivity index (χ0n) is 13.1. The molecule has 3 aromatic rings. The van der Waals surface area contributed by atoms with Crippen LogP contribution in [-0.4, -0.2) is 21.3 Å². The van der Waals surface area contributed by atoms with Crippen molar-refractivity contribution in [1.82, 2.24) is 0 Å². The van der Waals surface area contributed by atoms with Gasteiger partial charge >= 0.3 is 0 Å². The highest BCUT2D eigenvalue weighted by atomic mass is 31.1. The zero-order valence-corrected chi connectivity index (χ0v) is 14.0. The first-order valence-corrected chi connectivity index (χ1v) is 9.04. The van der Waals surface area contributed by atoms with Crippen LogP contribution in [0.15, 0.2) is 84.9 Å². The maximum Gasteiger partial charge on any atom is 0.279 e. The fraction of sp³-hybridized carbons (Fsp3) is 0.100. The molecular weight excluding hydrogens is 319 g/mol. The van der Waals surface area contributed by atoms with E-state index < -0.39 is 13.9 Å². The van der Waals surface area contributed by atoms with Gasteiger partial charge < -0.3 is 15.3 Å². The number of rotatable bonds is 5. The highest BCUT2D eigenvalue weighted by molar-refractivity contribution is 7.79. The Balaban J connectivity index is 2.14. The largest absolute Gasteiger partial charge is 0.343 e. The molecule has 0 saturated carbocycles. The maximum atomic E-state index is 9.44. The Morgan fingerprint density at radius 1 is 0.625 bits per heavy atom. The predicted molar refractivity (Wildman–Crippen MR) is 98.2 cm³/mol. The number of hydrogen-bond acceptors (Lipinski definition) is 3. The predicted octanol–water partition coefficient (Wildman–Crippen LogP) is 1.62. The second kappa shape index (κ2) is 7.25. The van der Waals surface area contributed by atoms with Crippen LogP contribution in [0.25, 0.3) is 0 Å². The topological polar surface area (TPSA) is 60.7 Å². The van der Waals surface area contributed by atoms with Crippen molar-refractivity contribution in [3.05, 3.63) is 90.5 Å². The van der Waals surface area contributed by atoms with Gasteiger partial charge in [-0.25, -0.2) is 0 Å². The smallest absolute Gasteiger partial charge is 0.279 e. The van der Waals surface area contributed by atoms with Crippen LogP contribution >= 0.6 is 7.92 Å². The second-order valence-electron chi connectivity index (χ2n) is 5.59. The fourth-order valence-corrected chi connectivity index (χ4v) is 5.19. The monoisotopic (exact) mass is 338 g/mol. The summed E-state index contributed by atoms with van der Waals surface area (Å²) >= 11 is 0. The molecule has 0 saturated heterocycles. The molecule has 0 spiro atoms. The van der Waals surface area contributed by atoms with E-state index in [1.54, 1.807) is 0 Å². The summed E-state index contributed by atoms with van der Waals surface area (Å²) in [6.07, 6.45) is -0.234. The first-order chi connectivity index (χ1) is 11.5. The minimum Gasteiger partial charge on any atom is -0.343 e. The molecule has 0 heterocycles. The van der Waals surface area contributed by atoms with Crippen molar-refractivity contribution in [3.8, 4) is 0 Å². The Hall–Kier alpha value is -2.03. The minimum atomic E-state index is -2.72. The molecule has 122 valence electrons. The van der Waals surface area contributed by atoms with Gasteiger partial charge in [0.15, 0.2) is 0 Å². The van der Waals surface area contributed by atoms with Gasteiger partial charge in [0.05, 0.1) is 6.42 Å². The van der Waals surface area contributed by atoms with Gasteiger partial charge in [0.1, 0.15) is 0 Å². The van der Waals surface area contributed by atoms with Gasteiger partial charge in [-0.2, -0.15) is 0 Å². The third-order valence-corrected chi connectivity index (χ3v) is 6.24. The molecule has 24 heavy (non-hydrogen) atoms. The van der Waals surface area contributed by atoms with E-state index >= 15 is 0 Å². The van der Waals surface area contributed by atoms with Crippen LogP contribution < -0.4 is 15.9 Å². The third-order valence-electron chi connectivity index (χ3n) is 3.69. The summed E-state index contributed by atoms with van der Waals surface area (Å²) in [5, 5.41) is 31.7. The lowest BCUT2D eigenvalue weighted by molar-refractivity contribution is -0.309. The second-order valence-corrected chi connectivity index (χ2v) is 7.77. The van der Waals surface area contributed by atoms with Crippen LogP contribution in [-0.2, 0) is 6.42 Å². The van der Waals surface area contributed by atoms with E-state index in [4.69, 9.17) is 0 Å². The standard InChI is InChI=1S/C20H19O3P/c21-20(22,23)15-16-9-7-8-14-19(16)24(17-10-3-1-4-11-17)18-12-5-2-6-13-18/h1-14,21-23H,15H2. The molecule has 0 unspecified atom stereocenters. The molecule has 0 aliphatic carbocycles. The lowest BCUT2D eigenvalue weighted by atomic mass is 10.1. The van der Waals surface area contributed by atoms with Crippen LogP contribution in [0.3, 0.4) is 0 Å². The molecule has 0 radical (unpaired) electrons. The van der Waals surface area contributed by atoms with E-state index in [2.05, 4.69) is 24.3 Å². The lowest BCUT2D eigenvalue weighted by Crippen LogP contribution is -2.33. The van der Waals surface area contributed by atoms with Crippen molar-refractivity contribution in [2.24, 2.45) is 0 Å². The highest BCUT2D eigenvalue weighted by Gasteiger charge is 2.24. The molecule has 0 amide bonds. The molecule has 3 N–H and O–H groups in total. The Labute approximate surface area is 142 Å². The molecule has 3 aromatic carbocycles. The molecular formula is C20H19O3P. The average molecular weight is 338 g/mol. The number of hydrogen-bond donors (Lipinski definition) is 3. The van der Waals surface area contributed by atoms with Gasteiger partial charge in [0, 0.05) is 0 Å². The molecule has 0 aromatic heterocycles. The summed E-state index contributed by atoms with van der Waals surface area (Å²) in [5.41, 5.74) is 0.726. The fourth-order valence-electron chi connectivity index (χ4n) is 2.72. The summed E-state index contributed by atoms with van der Waals surface area (Å²) in [4.78, 5) is 0. The zero-order chi connectivity index (χ0) is 17.0. The van der Waals surface area contributed by atoms with Crippen LogP contribution in [0, 0.1) is 0 Å². The van der Waals surface area contributed by atoms with Crippen LogP contribution in [0.1, 0.15) is 5.56 Å². The number of benzene rings is 3. The third kappa shape index (κ3) is 4.08. The molecule has 0 aliphatic heterocycles. The summed E-state index contributed by atoms with van der Waals surface area (Å²) in [6, 6.07) is 27.9. The summed E-state index contributed by atoms with van der Waals surface area (Å²) < 4.78 is 0. The van der Waals surface area contributed by atoms with Gasteiger partial charge in [-0.05, 0) is 29.4 Å². The lowest BCUT2D eigenvalue weighted by Gasteiger charge is -2.24. The van der Waals surface area contributed by atoms with Crippen LogP contribution in [0.2, 0.25) is 0 Å². The van der Waals surface area contributed by atoms with Gasteiger partial charge in [0.2, 0.25) is 0 Å². The van der Waals surface area contributed by atoms with Crippen molar-refractivity contribution < 1.29 is 15.3 Å². The van der Waals surface area contributed by atoms with Crippen molar-refractivity contribution in [3.63, 3.8) is 0 Å². The Bertz CT molecular complexity index is 743. The highest BCUT2D eigenvalue weighted by Crippen LogP contribution is 2.34. The quantitative estimate of drug-likeness (QED) is 0.489. The molecule has 0 bridgehead atoms. The van der Waals surface area contributed by atoms with E-state index in [9.17, 15) is 15.3 Å². The Morgan fingerprint density at radius 2 is 1.08 bits per heavy atom. The van der Waals surface area contributed by atoms with Crippen molar-refractivity contribution in [1.29, 1.82) is 0 Å². The maximum absolute atomic E-state index is 9.44. The summed E-state index contributed by atoms with van der Waals surface area (Å²) in [5.74, 6) is -2.72. The van der Waals surface area contributed by atoms with Gasteiger partial charge in [-0.1, -0.05) is 84.9 Å². The first kappa shape index (κ1) is 16.8. The van der Waals surface area contributed by atoms with Crippen LogP contribution in [0.5, 0.6) is 0 Å². The molecule has 3 nitrogen and oxygen atoms in total. The molecule has 0 fully saturated rings. The first-order valence-electron chi connectivity index (χ1n) is 7.70. The molecule has 0 atom stereocenters. The van der Waals surface area contributed by atoms with Crippen molar-refractivity contribution in [2.45, 2.75) is 12.4 Å². The van der Waals surface area contributed by atoms with E-state index in [1.807, 2.05) is 60.7 Å². The van der Waals surface area contributed by atoms with Crippen molar-refractivity contribution >= 4 is 23.8 Å². The van der Waals surface area contributed by atoms with E-state index in [-0.39, 0.29) is 6.42 Å². The van der Waals surface area contributed by atoms with E-state index in [1.165, 1.54) is 10.6 Å². The molecule has 4 heteroatoms. The van der Waals surface area contributed by atoms with E-state index in [0.717, 1.165) is 10.9 Å². The molecule has 3 rings (SSSR count). The van der Waals surface area contributed by atoms with Gasteiger partial charge in [-0.15, -0.1) is 0 Å². The minimum absolute atomic E-state index is 0.234. The Morgan fingerprint density at radius 3 is 1.58 bits per heavy atom. The van der Waals surface area contributed by atoms with Crippen molar-refractivity contribution in [2.75, 3.05) is 0 Å². The SMILES string of the molecule is OC(O)(O)Cc1ccccc1P(c1ccccc1)c1ccccc1. The number of aliphatic hydroxyl groups is 3. The van der Waals surface area contributed by atoms with Gasteiger partial charge in [0.25, 0.3) is 5.97 Å². The average Bonchev–Trinajstić information content (AvgIpc) is 2.57. The normalized spacial score (nSPS) is 11.7. The van der Waals surface area contributed by atoms with E-state index in [0.29, 0.717) is 0 Å². The van der Waals surface area contributed by atoms with Gasteiger partial charge in [-0.3, -0.25) is 0 Å². The Kier molecular flexibility index (Phi) is 5.08. The van der Waals surface area contributed by atoms with Crippen LogP contribution in [0.4, 0.5) is 0 Å². The summed E-state index contributed by atoms with van der Waals surface area (Å²) in [6.45, 7) is 0. The summed E-state index contributed by atoms with van der Waals surface area (Å²) in [7, 11) is -0.853. The molecule has 0 aliphatic rings.